The predicted octanol–water partition coefficient (Wildman–Crippen LogP) is 2.30. The Bertz CT molecular complexity index is 109. The van der Waals surface area contributed by atoms with Gasteiger partial charge < -0.3 is 0 Å². The summed E-state index contributed by atoms with van der Waals surface area (Å²) in [5.41, 5.74) is 0. The number of hydrogen-bond donors (Lipinski definition) is 0. The zero-order valence-electron chi connectivity index (χ0n) is 3.05. The normalized spacial score (nSPS) is 8.67. The number of hydrogen-bond acceptors (Lipinski definition) is 1. The predicted molar refractivity (Wildman–Crippen MR) is 30.2 cm³/mol. The second-order valence-corrected chi connectivity index (χ2v) is 2.21. The van der Waals surface area contributed by atoms with Crippen molar-refractivity contribution in [3.63, 3.8) is 0 Å². The maximum absolute atomic E-state index is 4.76. The molecule has 2 heteroatoms. The summed E-state index contributed by atoms with van der Waals surface area (Å²) >= 11 is 6.39. The molecule has 1 rings (SSSR count). The minimum absolute atomic E-state index is 0.944. The Hall–Kier alpha value is -0.0800. The third-order valence-corrected chi connectivity index (χ3v) is 1.58. The van der Waals surface area contributed by atoms with Crippen LogP contribution in [0.4, 0.5) is 0 Å². The first-order valence-corrected chi connectivity index (χ1v) is 2.94. The Morgan fingerprint density at radius 2 is 2.50 bits per heavy atom. The van der Waals surface area contributed by atoms with Crippen molar-refractivity contribution in [1.82, 2.24) is 0 Å². The second kappa shape index (κ2) is 1.58. The minimum Gasteiger partial charge on any atom is -0.151 e. The highest BCUT2D eigenvalue weighted by molar-refractivity contribution is 7.80. The molecular weight excluding hydrogens is 112 g/mol. The zero-order valence-corrected chi connectivity index (χ0v) is 4.68. The van der Waals surface area contributed by atoms with E-state index in [4.69, 9.17) is 12.6 Å². The summed E-state index contributed by atoms with van der Waals surface area (Å²) in [6, 6.07) is 1.92. The zero-order chi connectivity index (χ0) is 4.41. The molecule has 31 valence electrons. The third-order valence-electron chi connectivity index (χ3n) is 0.495. The van der Waals surface area contributed by atoms with E-state index in [2.05, 4.69) is 0 Å². The third kappa shape index (κ3) is 0.698. The fraction of sp³-hybridized carbons (Fsp3) is 0. The van der Waals surface area contributed by atoms with Crippen molar-refractivity contribution in [3.05, 3.63) is 16.8 Å². The first kappa shape index (κ1) is 4.09. The summed E-state index contributed by atoms with van der Waals surface area (Å²) < 4.78 is 0. The van der Waals surface area contributed by atoms with Crippen LogP contribution in [-0.2, 0) is 0 Å². The van der Waals surface area contributed by atoms with Gasteiger partial charge in [-0.2, -0.15) is 11.3 Å². The number of thiophene rings is 1. The summed E-state index contributed by atoms with van der Waals surface area (Å²) in [6.45, 7) is 0. The lowest BCUT2D eigenvalue weighted by atomic mass is 10.7. The van der Waals surface area contributed by atoms with E-state index >= 15 is 0 Å². The molecule has 0 unspecified atom stereocenters. The van der Waals surface area contributed by atoms with Crippen LogP contribution in [0.15, 0.2) is 21.7 Å². The lowest BCUT2D eigenvalue weighted by molar-refractivity contribution is 1.62. The summed E-state index contributed by atoms with van der Waals surface area (Å²) in [7, 11) is 0. The molecule has 0 aliphatic heterocycles. The Labute approximate surface area is 46.2 Å². The van der Waals surface area contributed by atoms with Gasteiger partial charge >= 0.3 is 0 Å². The van der Waals surface area contributed by atoms with Gasteiger partial charge in [0.25, 0.3) is 0 Å². The number of rotatable bonds is 0. The fourth-order valence-corrected chi connectivity index (χ4v) is 1.09. The van der Waals surface area contributed by atoms with Crippen LogP contribution in [0.5, 0.6) is 0 Å². The SMILES string of the molecule is [S]c1ccsc1. The summed E-state index contributed by atoms with van der Waals surface area (Å²) in [5, 5.41) is 3.91. The molecule has 0 aromatic carbocycles. The van der Waals surface area contributed by atoms with Crippen LogP contribution in [0.2, 0.25) is 0 Å². The minimum atomic E-state index is 0.944. The Kier molecular flexibility index (Phi) is 1.08. The summed E-state index contributed by atoms with van der Waals surface area (Å²) in [4.78, 5) is 0.944. The van der Waals surface area contributed by atoms with Crippen molar-refractivity contribution >= 4 is 24.0 Å². The van der Waals surface area contributed by atoms with E-state index in [9.17, 15) is 0 Å². The maximum Gasteiger partial charge on any atom is 0.0484 e. The van der Waals surface area contributed by atoms with Crippen molar-refractivity contribution in [2.75, 3.05) is 0 Å². The molecule has 6 heavy (non-hydrogen) atoms. The average Bonchev–Trinajstić information content (AvgIpc) is 1.86. The lowest BCUT2D eigenvalue weighted by Gasteiger charge is -1.61. The van der Waals surface area contributed by atoms with Gasteiger partial charge in [-0.3, -0.25) is 0 Å². The fourth-order valence-electron chi connectivity index (χ4n) is 0.252. The monoisotopic (exact) mass is 115 g/mol. The molecule has 0 amide bonds. The van der Waals surface area contributed by atoms with Crippen LogP contribution in [-0.4, -0.2) is 0 Å². The van der Waals surface area contributed by atoms with Crippen LogP contribution < -0.4 is 0 Å². The van der Waals surface area contributed by atoms with Gasteiger partial charge in [0.2, 0.25) is 0 Å². The first-order chi connectivity index (χ1) is 2.89. The first-order valence-electron chi connectivity index (χ1n) is 1.59. The van der Waals surface area contributed by atoms with Crippen molar-refractivity contribution in [2.24, 2.45) is 0 Å². The van der Waals surface area contributed by atoms with E-state index < -0.39 is 0 Å². The highest BCUT2D eigenvalue weighted by Crippen LogP contribution is 2.08. The van der Waals surface area contributed by atoms with Crippen molar-refractivity contribution < 1.29 is 0 Å². The standard InChI is InChI=1S/C4H3S2/c5-4-1-2-6-3-4/h1-3H. The van der Waals surface area contributed by atoms with E-state index in [0.29, 0.717) is 0 Å². The summed E-state index contributed by atoms with van der Waals surface area (Å²) in [6.07, 6.45) is 0. The quantitative estimate of drug-likeness (QED) is 0.486. The van der Waals surface area contributed by atoms with Gasteiger partial charge in [0.05, 0.1) is 0 Å². The topological polar surface area (TPSA) is 0 Å². The van der Waals surface area contributed by atoms with Crippen LogP contribution >= 0.6 is 24.0 Å². The van der Waals surface area contributed by atoms with E-state index in [-0.39, 0.29) is 0 Å². The average molecular weight is 115 g/mol. The van der Waals surface area contributed by atoms with E-state index in [0.717, 1.165) is 4.90 Å². The molecule has 0 atom stereocenters. The van der Waals surface area contributed by atoms with Crippen LogP contribution in [0, 0.1) is 0 Å². The van der Waals surface area contributed by atoms with Crippen molar-refractivity contribution in [1.29, 1.82) is 0 Å². The van der Waals surface area contributed by atoms with Crippen LogP contribution in [0.3, 0.4) is 0 Å². The summed E-state index contributed by atoms with van der Waals surface area (Å²) in [5.74, 6) is 0. The molecule has 0 fully saturated rings. The van der Waals surface area contributed by atoms with E-state index in [1.807, 2.05) is 16.8 Å². The molecular formula is C4H3S2. The van der Waals surface area contributed by atoms with Gasteiger partial charge in [0, 0.05) is 10.3 Å². The largest absolute Gasteiger partial charge is 0.151 e. The second-order valence-electron chi connectivity index (χ2n) is 0.959. The molecule has 0 bridgehead atoms. The van der Waals surface area contributed by atoms with Gasteiger partial charge in [-0.05, 0) is 11.4 Å². The molecule has 1 heterocycles. The Morgan fingerprint density at radius 3 is 2.67 bits per heavy atom. The Morgan fingerprint density at radius 1 is 1.67 bits per heavy atom. The highest BCUT2D eigenvalue weighted by Gasteiger charge is 1.77. The molecule has 0 spiro atoms. The Balaban J connectivity index is 3.05. The molecule has 1 aromatic rings. The molecule has 1 radical (unpaired) electrons. The van der Waals surface area contributed by atoms with Crippen LogP contribution in [0.1, 0.15) is 0 Å². The van der Waals surface area contributed by atoms with Gasteiger partial charge in [0.15, 0.2) is 0 Å². The van der Waals surface area contributed by atoms with Gasteiger partial charge in [0.1, 0.15) is 0 Å². The van der Waals surface area contributed by atoms with E-state index in [1.165, 1.54) is 0 Å². The lowest BCUT2D eigenvalue weighted by Crippen LogP contribution is -1.37. The molecule has 0 saturated heterocycles. The van der Waals surface area contributed by atoms with Crippen molar-refractivity contribution in [3.8, 4) is 0 Å². The maximum atomic E-state index is 4.76. The molecule has 0 saturated carbocycles. The molecule has 0 N–H and O–H groups in total. The molecule has 0 aliphatic carbocycles. The van der Waals surface area contributed by atoms with Gasteiger partial charge in [-0.1, -0.05) is 12.6 Å². The molecule has 1 aromatic heterocycles. The van der Waals surface area contributed by atoms with Gasteiger partial charge in [-0.15, -0.1) is 0 Å². The molecule has 0 aliphatic rings. The smallest absolute Gasteiger partial charge is 0.0484 e. The van der Waals surface area contributed by atoms with E-state index in [1.54, 1.807) is 11.3 Å². The van der Waals surface area contributed by atoms with Gasteiger partial charge in [-0.25, -0.2) is 0 Å². The van der Waals surface area contributed by atoms with Crippen LogP contribution in [0.25, 0.3) is 0 Å². The highest BCUT2D eigenvalue weighted by atomic mass is 32.1. The van der Waals surface area contributed by atoms with Crippen molar-refractivity contribution in [2.45, 2.75) is 4.90 Å². The molecule has 0 nitrogen and oxygen atoms in total.